The van der Waals surface area contributed by atoms with Gasteiger partial charge >= 0.3 is 0 Å². The van der Waals surface area contributed by atoms with Crippen molar-refractivity contribution < 1.29 is 13.2 Å². The van der Waals surface area contributed by atoms with Crippen LogP contribution in [0.2, 0.25) is 0 Å². The fourth-order valence-electron chi connectivity index (χ4n) is 3.89. The first-order valence-corrected chi connectivity index (χ1v) is 11.7. The van der Waals surface area contributed by atoms with Gasteiger partial charge < -0.3 is 15.0 Å². The standard InChI is InChI=1S/C24H23N3O3S.ClH/c28-31(29,22-12-10-21(11-13-22)30-20-7-2-1-3-8-20)27-23-9-5-4-6-19(23)18-24(27)26-16-14-25-15-17-26;/h1-13,18,25H,14-17H2;1H. The molecule has 32 heavy (non-hydrogen) atoms. The molecule has 1 saturated heterocycles. The van der Waals surface area contributed by atoms with Gasteiger partial charge in [0.05, 0.1) is 10.4 Å². The number of anilines is 1. The van der Waals surface area contributed by atoms with Gasteiger partial charge in [-0.25, -0.2) is 12.4 Å². The molecule has 5 rings (SSSR count). The number of fused-ring (bicyclic) bond motifs is 1. The maximum absolute atomic E-state index is 13.7. The molecular weight excluding hydrogens is 446 g/mol. The van der Waals surface area contributed by atoms with Gasteiger partial charge in [-0.2, -0.15) is 0 Å². The summed E-state index contributed by atoms with van der Waals surface area (Å²) in [5, 5.41) is 4.23. The number of rotatable bonds is 5. The first-order valence-electron chi connectivity index (χ1n) is 10.3. The van der Waals surface area contributed by atoms with Crippen LogP contribution in [0.5, 0.6) is 11.5 Å². The molecule has 1 fully saturated rings. The number of benzene rings is 3. The number of nitrogens with one attached hydrogen (secondary N) is 1. The van der Waals surface area contributed by atoms with Crippen LogP contribution < -0.4 is 15.0 Å². The molecule has 0 radical (unpaired) electrons. The highest BCUT2D eigenvalue weighted by Crippen LogP contribution is 2.32. The summed E-state index contributed by atoms with van der Waals surface area (Å²) in [5.41, 5.74) is 0.681. The van der Waals surface area contributed by atoms with E-state index in [4.69, 9.17) is 4.74 Å². The van der Waals surface area contributed by atoms with E-state index >= 15 is 0 Å². The Morgan fingerprint density at radius 3 is 2.12 bits per heavy atom. The summed E-state index contributed by atoms with van der Waals surface area (Å²) >= 11 is 0. The van der Waals surface area contributed by atoms with Crippen molar-refractivity contribution in [2.45, 2.75) is 4.90 Å². The number of ether oxygens (including phenoxy) is 1. The van der Waals surface area contributed by atoms with Gasteiger partial charge in [0.15, 0.2) is 0 Å². The van der Waals surface area contributed by atoms with Crippen LogP contribution in [0.4, 0.5) is 5.82 Å². The predicted octanol–water partition coefficient (Wildman–Crippen LogP) is 4.50. The molecule has 0 unspecified atom stereocenters. The van der Waals surface area contributed by atoms with Crippen molar-refractivity contribution in [3.05, 3.63) is 84.9 Å². The number of halogens is 1. The molecule has 0 aliphatic carbocycles. The van der Waals surface area contributed by atoms with Crippen LogP contribution >= 0.6 is 12.4 Å². The molecule has 2 heterocycles. The van der Waals surface area contributed by atoms with E-state index in [0.717, 1.165) is 31.6 Å². The van der Waals surface area contributed by atoms with Crippen molar-refractivity contribution in [2.75, 3.05) is 31.1 Å². The van der Waals surface area contributed by atoms with Gasteiger partial charge in [0.1, 0.15) is 17.3 Å². The monoisotopic (exact) mass is 469 g/mol. The van der Waals surface area contributed by atoms with Gasteiger partial charge in [-0.15, -0.1) is 12.4 Å². The van der Waals surface area contributed by atoms with Crippen molar-refractivity contribution in [2.24, 2.45) is 0 Å². The molecule has 0 saturated carbocycles. The molecule has 8 heteroatoms. The quantitative estimate of drug-likeness (QED) is 0.466. The van der Waals surface area contributed by atoms with Crippen LogP contribution in [-0.4, -0.2) is 38.6 Å². The molecule has 1 aliphatic rings. The molecule has 166 valence electrons. The van der Waals surface area contributed by atoms with Crippen molar-refractivity contribution in [1.29, 1.82) is 0 Å². The average molecular weight is 470 g/mol. The van der Waals surface area contributed by atoms with Crippen molar-refractivity contribution in [3.8, 4) is 11.5 Å². The Morgan fingerprint density at radius 1 is 0.781 bits per heavy atom. The second-order valence-electron chi connectivity index (χ2n) is 7.45. The Labute approximate surface area is 193 Å². The maximum Gasteiger partial charge on any atom is 0.269 e. The smallest absolute Gasteiger partial charge is 0.269 e. The van der Waals surface area contributed by atoms with Gasteiger partial charge in [-0.3, -0.25) is 0 Å². The number of hydrogen-bond acceptors (Lipinski definition) is 5. The number of para-hydroxylation sites is 2. The van der Waals surface area contributed by atoms with Crippen LogP contribution in [0.25, 0.3) is 10.9 Å². The van der Waals surface area contributed by atoms with E-state index < -0.39 is 10.0 Å². The number of piperazine rings is 1. The van der Waals surface area contributed by atoms with Crippen molar-refractivity contribution in [1.82, 2.24) is 9.29 Å². The Balaban J connectivity index is 0.00000245. The maximum atomic E-state index is 13.7. The molecule has 0 spiro atoms. The normalized spacial score (nSPS) is 14.2. The molecule has 4 aromatic rings. The first kappa shape index (κ1) is 22.2. The minimum absolute atomic E-state index is 0. The summed E-state index contributed by atoms with van der Waals surface area (Å²) in [5.74, 6) is 1.99. The lowest BCUT2D eigenvalue weighted by Crippen LogP contribution is -2.44. The Kier molecular flexibility index (Phi) is 6.41. The number of nitrogens with zero attached hydrogens (tertiary/aromatic N) is 2. The minimum atomic E-state index is -3.79. The highest BCUT2D eigenvalue weighted by Gasteiger charge is 2.26. The predicted molar refractivity (Wildman–Crippen MR) is 130 cm³/mol. The lowest BCUT2D eigenvalue weighted by molar-refractivity contribution is 0.482. The van der Waals surface area contributed by atoms with Crippen molar-refractivity contribution >= 4 is 39.2 Å². The highest BCUT2D eigenvalue weighted by molar-refractivity contribution is 7.90. The van der Waals surface area contributed by atoms with E-state index in [1.165, 1.54) is 3.97 Å². The van der Waals surface area contributed by atoms with E-state index in [-0.39, 0.29) is 17.3 Å². The SMILES string of the molecule is Cl.O=S(=O)(c1ccc(Oc2ccccc2)cc1)n1c(N2CCNCC2)cc2ccccc21. The summed E-state index contributed by atoms with van der Waals surface area (Å²) in [6, 6.07) is 25.6. The molecule has 3 aromatic carbocycles. The van der Waals surface area contributed by atoms with Crippen LogP contribution in [0.15, 0.2) is 89.8 Å². The molecule has 0 atom stereocenters. The van der Waals surface area contributed by atoms with E-state index in [0.29, 0.717) is 22.8 Å². The van der Waals surface area contributed by atoms with E-state index in [1.807, 2.05) is 60.7 Å². The zero-order chi connectivity index (χ0) is 21.3. The van der Waals surface area contributed by atoms with Crippen LogP contribution in [0.1, 0.15) is 0 Å². The van der Waals surface area contributed by atoms with Crippen LogP contribution in [-0.2, 0) is 10.0 Å². The lowest BCUT2D eigenvalue weighted by atomic mass is 10.2. The third kappa shape index (κ3) is 4.19. The Morgan fingerprint density at radius 2 is 1.41 bits per heavy atom. The largest absolute Gasteiger partial charge is 0.457 e. The summed E-state index contributed by atoms with van der Waals surface area (Å²) in [6.45, 7) is 3.17. The van der Waals surface area contributed by atoms with Gasteiger partial charge in [-0.05, 0) is 48.5 Å². The summed E-state index contributed by atoms with van der Waals surface area (Å²) in [6.07, 6.45) is 0. The van der Waals surface area contributed by atoms with Gasteiger partial charge in [0.2, 0.25) is 0 Å². The van der Waals surface area contributed by atoms with Gasteiger partial charge in [-0.1, -0.05) is 36.4 Å². The lowest BCUT2D eigenvalue weighted by Gasteiger charge is -2.30. The number of aromatic nitrogens is 1. The molecule has 6 nitrogen and oxygen atoms in total. The van der Waals surface area contributed by atoms with E-state index in [9.17, 15) is 8.42 Å². The number of hydrogen-bond donors (Lipinski definition) is 1. The Hall–Kier alpha value is -3.00. The van der Waals surface area contributed by atoms with E-state index in [1.54, 1.807) is 24.3 Å². The zero-order valence-electron chi connectivity index (χ0n) is 17.3. The second kappa shape index (κ2) is 9.24. The zero-order valence-corrected chi connectivity index (χ0v) is 19.0. The van der Waals surface area contributed by atoms with Crippen LogP contribution in [0, 0.1) is 0 Å². The molecule has 0 bridgehead atoms. The molecule has 1 N–H and O–H groups in total. The first-order chi connectivity index (χ1) is 15.1. The summed E-state index contributed by atoms with van der Waals surface area (Å²) in [4.78, 5) is 2.35. The van der Waals surface area contributed by atoms with Gasteiger partial charge in [0.25, 0.3) is 10.0 Å². The average Bonchev–Trinajstić information content (AvgIpc) is 3.21. The molecule has 1 aromatic heterocycles. The topological polar surface area (TPSA) is 63.6 Å². The highest BCUT2D eigenvalue weighted by atomic mass is 35.5. The summed E-state index contributed by atoms with van der Waals surface area (Å²) < 4.78 is 34.7. The fraction of sp³-hybridized carbons (Fsp3) is 0.167. The third-order valence-electron chi connectivity index (χ3n) is 5.43. The fourth-order valence-corrected chi connectivity index (χ4v) is 5.42. The second-order valence-corrected chi connectivity index (χ2v) is 9.24. The third-order valence-corrected chi connectivity index (χ3v) is 7.16. The van der Waals surface area contributed by atoms with Gasteiger partial charge in [0, 0.05) is 31.6 Å². The minimum Gasteiger partial charge on any atom is -0.457 e. The summed E-state index contributed by atoms with van der Waals surface area (Å²) in [7, 11) is -3.79. The van der Waals surface area contributed by atoms with Crippen molar-refractivity contribution in [3.63, 3.8) is 0 Å². The molecule has 0 amide bonds. The molecule has 1 aliphatic heterocycles. The van der Waals surface area contributed by atoms with E-state index in [2.05, 4.69) is 10.2 Å². The molecular formula is C24H24ClN3O3S. The Bertz CT molecular complexity index is 1300. The van der Waals surface area contributed by atoms with Crippen LogP contribution in [0.3, 0.4) is 0 Å².